The number of rotatable bonds is 3. The van der Waals surface area contributed by atoms with E-state index in [1.165, 1.54) is 6.07 Å². The van der Waals surface area contributed by atoms with Crippen molar-refractivity contribution in [2.45, 2.75) is 31.8 Å². The van der Waals surface area contributed by atoms with Gasteiger partial charge in [0.1, 0.15) is 11.5 Å². The minimum Gasteiger partial charge on any atom is -0.508 e. The highest BCUT2D eigenvalue weighted by atomic mass is 16.5. The fourth-order valence-corrected chi connectivity index (χ4v) is 1.95. The van der Waals surface area contributed by atoms with Crippen LogP contribution in [0.15, 0.2) is 18.2 Å². The molecule has 1 fully saturated rings. The molecule has 0 amide bonds. The largest absolute Gasteiger partial charge is 0.508 e. The van der Waals surface area contributed by atoms with Crippen LogP contribution in [-0.2, 0) is 11.2 Å². The van der Waals surface area contributed by atoms with Crippen molar-refractivity contribution in [1.82, 2.24) is 0 Å². The molecular weight excluding hydrogens is 192 g/mol. The quantitative estimate of drug-likeness (QED) is 0.800. The Labute approximate surface area is 89.3 Å². The van der Waals surface area contributed by atoms with Gasteiger partial charge in [0.05, 0.1) is 6.10 Å². The first-order valence-electron chi connectivity index (χ1n) is 5.38. The Kier molecular flexibility index (Phi) is 3.11. The van der Waals surface area contributed by atoms with Crippen LogP contribution in [0, 0.1) is 0 Å². The van der Waals surface area contributed by atoms with Gasteiger partial charge in [-0.25, -0.2) is 0 Å². The summed E-state index contributed by atoms with van der Waals surface area (Å²) in [6, 6.07) is 4.75. The van der Waals surface area contributed by atoms with Crippen LogP contribution in [-0.4, -0.2) is 22.9 Å². The Morgan fingerprint density at radius 3 is 2.87 bits per heavy atom. The normalized spacial score (nSPS) is 20.7. The minimum atomic E-state index is 0.105. The first-order chi connectivity index (χ1) is 7.25. The molecule has 0 saturated carbocycles. The summed E-state index contributed by atoms with van der Waals surface area (Å²) in [5.41, 5.74) is 0.878. The summed E-state index contributed by atoms with van der Waals surface area (Å²) in [7, 11) is 0. The van der Waals surface area contributed by atoms with Crippen LogP contribution in [0.4, 0.5) is 0 Å². The summed E-state index contributed by atoms with van der Waals surface area (Å²) in [6.45, 7) is 0.867. The van der Waals surface area contributed by atoms with Crippen LogP contribution in [0.25, 0.3) is 0 Å². The summed E-state index contributed by atoms with van der Waals surface area (Å²) in [6.07, 6.45) is 4.36. The van der Waals surface area contributed by atoms with Crippen molar-refractivity contribution >= 4 is 0 Å². The molecule has 0 aromatic heterocycles. The maximum absolute atomic E-state index is 9.56. The maximum atomic E-state index is 9.56. The van der Waals surface area contributed by atoms with Crippen LogP contribution in [0.5, 0.6) is 11.5 Å². The van der Waals surface area contributed by atoms with E-state index in [2.05, 4.69) is 0 Å². The van der Waals surface area contributed by atoms with Crippen molar-refractivity contribution in [3.63, 3.8) is 0 Å². The van der Waals surface area contributed by atoms with E-state index in [4.69, 9.17) is 9.84 Å². The van der Waals surface area contributed by atoms with Crippen molar-refractivity contribution in [3.05, 3.63) is 23.8 Å². The Morgan fingerprint density at radius 2 is 2.20 bits per heavy atom. The van der Waals surface area contributed by atoms with Gasteiger partial charge in [-0.1, -0.05) is 6.07 Å². The molecule has 1 aliphatic rings. The second-order valence-corrected chi connectivity index (χ2v) is 3.99. The zero-order valence-electron chi connectivity index (χ0n) is 8.65. The highest BCUT2D eigenvalue weighted by molar-refractivity contribution is 5.38. The molecule has 1 saturated heterocycles. The Morgan fingerprint density at radius 1 is 1.33 bits per heavy atom. The monoisotopic (exact) mass is 208 g/mol. The SMILES string of the molecule is Oc1ccc(CCC2CCCO2)c(O)c1. The molecule has 1 aromatic carbocycles. The number of aromatic hydroxyl groups is 2. The van der Waals surface area contributed by atoms with Crippen LogP contribution in [0.2, 0.25) is 0 Å². The lowest BCUT2D eigenvalue weighted by Gasteiger charge is -2.09. The third-order valence-corrected chi connectivity index (χ3v) is 2.83. The van der Waals surface area contributed by atoms with Gasteiger partial charge in [0.25, 0.3) is 0 Å². The zero-order chi connectivity index (χ0) is 10.7. The molecule has 2 rings (SSSR count). The van der Waals surface area contributed by atoms with Gasteiger partial charge in [0, 0.05) is 12.7 Å². The number of ether oxygens (including phenoxy) is 1. The predicted octanol–water partition coefficient (Wildman–Crippen LogP) is 2.21. The smallest absolute Gasteiger partial charge is 0.122 e. The lowest BCUT2D eigenvalue weighted by atomic mass is 10.0. The molecule has 1 heterocycles. The minimum absolute atomic E-state index is 0.105. The topological polar surface area (TPSA) is 49.7 Å². The molecule has 15 heavy (non-hydrogen) atoms. The molecule has 3 nitrogen and oxygen atoms in total. The summed E-state index contributed by atoms with van der Waals surface area (Å²) >= 11 is 0. The highest BCUT2D eigenvalue weighted by Crippen LogP contribution is 2.25. The van der Waals surface area contributed by atoms with Crippen molar-refractivity contribution < 1.29 is 14.9 Å². The number of phenols is 2. The molecular formula is C12H16O3. The van der Waals surface area contributed by atoms with E-state index in [1.54, 1.807) is 12.1 Å². The fraction of sp³-hybridized carbons (Fsp3) is 0.500. The second kappa shape index (κ2) is 4.53. The Bertz CT molecular complexity index is 330. The van der Waals surface area contributed by atoms with Gasteiger partial charge in [0.2, 0.25) is 0 Å². The zero-order valence-corrected chi connectivity index (χ0v) is 8.65. The first-order valence-corrected chi connectivity index (χ1v) is 5.38. The van der Waals surface area contributed by atoms with Crippen molar-refractivity contribution in [2.75, 3.05) is 6.61 Å². The number of hydrogen-bond acceptors (Lipinski definition) is 3. The lowest BCUT2D eigenvalue weighted by molar-refractivity contribution is 0.104. The molecule has 1 atom stereocenters. The molecule has 1 unspecified atom stereocenters. The molecule has 0 radical (unpaired) electrons. The number of phenolic OH excluding ortho intramolecular Hbond substituents is 2. The molecule has 82 valence electrons. The molecule has 0 spiro atoms. The lowest BCUT2D eigenvalue weighted by Crippen LogP contribution is -2.06. The molecule has 2 N–H and O–H groups in total. The van der Waals surface area contributed by atoms with Crippen molar-refractivity contribution in [2.24, 2.45) is 0 Å². The van der Waals surface area contributed by atoms with Gasteiger partial charge in [-0.15, -0.1) is 0 Å². The van der Waals surface area contributed by atoms with Gasteiger partial charge >= 0.3 is 0 Å². The number of aryl methyl sites for hydroxylation is 1. The average Bonchev–Trinajstić information content (AvgIpc) is 2.69. The van der Waals surface area contributed by atoms with Gasteiger partial charge in [-0.3, -0.25) is 0 Å². The molecule has 0 bridgehead atoms. The van der Waals surface area contributed by atoms with E-state index in [0.717, 1.165) is 37.9 Å². The third-order valence-electron chi connectivity index (χ3n) is 2.83. The van der Waals surface area contributed by atoms with Gasteiger partial charge in [-0.05, 0) is 37.3 Å². The van der Waals surface area contributed by atoms with Gasteiger partial charge < -0.3 is 14.9 Å². The van der Waals surface area contributed by atoms with E-state index in [-0.39, 0.29) is 11.5 Å². The summed E-state index contributed by atoms with van der Waals surface area (Å²) in [5.74, 6) is 0.279. The van der Waals surface area contributed by atoms with E-state index >= 15 is 0 Å². The molecule has 1 aliphatic heterocycles. The third kappa shape index (κ3) is 2.63. The molecule has 3 heteroatoms. The molecule has 0 aliphatic carbocycles. The summed E-state index contributed by atoms with van der Waals surface area (Å²) in [4.78, 5) is 0. The maximum Gasteiger partial charge on any atom is 0.122 e. The number of hydrogen-bond donors (Lipinski definition) is 2. The van der Waals surface area contributed by atoms with E-state index in [1.807, 2.05) is 0 Å². The van der Waals surface area contributed by atoms with E-state index < -0.39 is 0 Å². The van der Waals surface area contributed by atoms with Crippen LogP contribution >= 0.6 is 0 Å². The van der Waals surface area contributed by atoms with E-state index in [0.29, 0.717) is 6.10 Å². The van der Waals surface area contributed by atoms with Crippen LogP contribution < -0.4 is 0 Å². The predicted molar refractivity (Wildman–Crippen MR) is 57.1 cm³/mol. The van der Waals surface area contributed by atoms with Gasteiger partial charge in [-0.2, -0.15) is 0 Å². The van der Waals surface area contributed by atoms with E-state index in [9.17, 15) is 5.11 Å². The second-order valence-electron chi connectivity index (χ2n) is 3.99. The van der Waals surface area contributed by atoms with Crippen LogP contribution in [0.3, 0.4) is 0 Å². The van der Waals surface area contributed by atoms with Gasteiger partial charge in [0.15, 0.2) is 0 Å². The standard InChI is InChI=1S/C12H16O3/c13-10-5-3-9(12(14)8-10)4-6-11-2-1-7-15-11/h3,5,8,11,13-14H,1-2,4,6-7H2. The highest BCUT2D eigenvalue weighted by Gasteiger charge is 2.15. The van der Waals surface area contributed by atoms with Crippen molar-refractivity contribution in [3.8, 4) is 11.5 Å². The molecule has 1 aromatic rings. The fourth-order valence-electron chi connectivity index (χ4n) is 1.95. The van der Waals surface area contributed by atoms with Crippen LogP contribution in [0.1, 0.15) is 24.8 Å². The Hall–Kier alpha value is -1.22. The number of benzene rings is 1. The van der Waals surface area contributed by atoms with Crippen molar-refractivity contribution in [1.29, 1.82) is 0 Å². The Balaban J connectivity index is 1.92. The first kappa shape index (κ1) is 10.3. The summed E-state index contributed by atoms with van der Waals surface area (Å²) in [5, 5.41) is 18.7. The summed E-state index contributed by atoms with van der Waals surface area (Å²) < 4.78 is 5.51. The average molecular weight is 208 g/mol.